The highest BCUT2D eigenvalue weighted by atomic mass is 16.2. The molecule has 9 nitrogen and oxygen atoms in total. The fourth-order valence-electron chi connectivity index (χ4n) is 4.24. The minimum atomic E-state index is -0.153. The molecular formula is C26H44N6O3. The fraction of sp³-hybridized carbons (Fsp3) is 0.654. The van der Waals surface area contributed by atoms with Crippen molar-refractivity contribution in [2.45, 2.75) is 71.5 Å². The van der Waals surface area contributed by atoms with Crippen LogP contribution in [0.15, 0.2) is 24.3 Å². The highest BCUT2D eigenvalue weighted by Crippen LogP contribution is 2.17. The largest absolute Gasteiger partial charge is 0.335 e. The van der Waals surface area contributed by atoms with E-state index in [1.807, 2.05) is 38.1 Å². The molecule has 1 aromatic rings. The van der Waals surface area contributed by atoms with E-state index >= 15 is 0 Å². The van der Waals surface area contributed by atoms with Crippen LogP contribution in [-0.4, -0.2) is 79.1 Å². The van der Waals surface area contributed by atoms with E-state index in [2.05, 4.69) is 16.0 Å². The van der Waals surface area contributed by atoms with Crippen LogP contribution in [0.5, 0.6) is 0 Å². The summed E-state index contributed by atoms with van der Waals surface area (Å²) in [5.74, 6) is 0. The van der Waals surface area contributed by atoms with Crippen molar-refractivity contribution in [1.29, 1.82) is 0 Å². The van der Waals surface area contributed by atoms with Gasteiger partial charge in [-0.2, -0.15) is 0 Å². The second-order valence-electron chi connectivity index (χ2n) is 9.29. The summed E-state index contributed by atoms with van der Waals surface area (Å²) in [4.78, 5) is 42.1. The van der Waals surface area contributed by atoms with Crippen LogP contribution in [0, 0.1) is 0 Å². The lowest BCUT2D eigenvalue weighted by atomic mass is 9.96. The normalized spacial score (nSPS) is 13.6. The summed E-state index contributed by atoms with van der Waals surface area (Å²) in [5.41, 5.74) is 1.96. The van der Waals surface area contributed by atoms with Crippen molar-refractivity contribution in [3.63, 3.8) is 0 Å². The Morgan fingerprint density at radius 3 is 1.94 bits per heavy atom. The minimum Gasteiger partial charge on any atom is -0.335 e. The zero-order valence-electron chi connectivity index (χ0n) is 21.9. The predicted octanol–water partition coefficient (Wildman–Crippen LogP) is 3.74. The van der Waals surface area contributed by atoms with Gasteiger partial charge in [-0.1, -0.05) is 43.5 Å². The Hall–Kier alpha value is -2.97. The zero-order valence-corrected chi connectivity index (χ0v) is 21.9. The van der Waals surface area contributed by atoms with Crippen molar-refractivity contribution >= 4 is 18.1 Å². The number of carbonyl (C=O) groups is 3. The number of carbonyl (C=O) groups excluding carboxylic acids is 3. The third-order valence-electron chi connectivity index (χ3n) is 6.54. The molecule has 0 bridgehead atoms. The lowest BCUT2D eigenvalue weighted by molar-refractivity contribution is 0.194. The van der Waals surface area contributed by atoms with Gasteiger partial charge in [0.05, 0.1) is 0 Å². The molecule has 1 fully saturated rings. The second kappa shape index (κ2) is 15.1. The quantitative estimate of drug-likeness (QED) is 0.443. The van der Waals surface area contributed by atoms with Crippen molar-refractivity contribution in [1.82, 2.24) is 30.7 Å². The van der Waals surface area contributed by atoms with Crippen LogP contribution < -0.4 is 16.0 Å². The fourth-order valence-corrected chi connectivity index (χ4v) is 4.24. The van der Waals surface area contributed by atoms with Gasteiger partial charge in [0.2, 0.25) is 0 Å². The van der Waals surface area contributed by atoms with Crippen LogP contribution in [0.2, 0.25) is 0 Å². The first-order valence-corrected chi connectivity index (χ1v) is 12.9. The Bertz CT molecular complexity index is 808. The summed E-state index contributed by atoms with van der Waals surface area (Å²) in [6, 6.07) is 7.87. The highest BCUT2D eigenvalue weighted by Gasteiger charge is 2.18. The first-order chi connectivity index (χ1) is 16.8. The lowest BCUT2D eigenvalue weighted by Crippen LogP contribution is -2.45. The Balaban J connectivity index is 1.68. The molecule has 3 N–H and O–H groups in total. The maximum absolute atomic E-state index is 12.5. The molecule has 1 aliphatic rings. The molecule has 1 aromatic carbocycles. The van der Waals surface area contributed by atoms with Gasteiger partial charge in [-0.05, 0) is 44.2 Å². The number of nitrogens with zero attached hydrogens (tertiary/aromatic N) is 3. The molecule has 0 saturated heterocycles. The van der Waals surface area contributed by atoms with Gasteiger partial charge in [0, 0.05) is 59.4 Å². The van der Waals surface area contributed by atoms with Gasteiger partial charge in [-0.3, -0.25) is 0 Å². The van der Waals surface area contributed by atoms with Gasteiger partial charge in [0.1, 0.15) is 0 Å². The summed E-state index contributed by atoms with van der Waals surface area (Å²) in [5, 5.41) is 8.99. The number of rotatable bonds is 11. The van der Waals surface area contributed by atoms with Crippen LogP contribution >= 0.6 is 0 Å². The standard InChI is InChI=1S/C26H44N6O3/c1-5-32(6-2)25(34)28-20-22-13-10-12-21(18-22)19-27-24(33)30(3)16-11-17-31(4)26(35)29-23-14-8-7-9-15-23/h10,12-13,18,23H,5-9,11,14-17,19-20H2,1-4H3,(H,27,33)(H,28,34)(H,29,35). The molecule has 1 saturated carbocycles. The number of nitrogens with one attached hydrogen (secondary N) is 3. The molecule has 6 amide bonds. The Labute approximate surface area is 210 Å². The van der Waals surface area contributed by atoms with E-state index in [1.54, 1.807) is 28.8 Å². The number of benzene rings is 1. The number of hydrogen-bond acceptors (Lipinski definition) is 3. The van der Waals surface area contributed by atoms with Crippen LogP contribution in [0.25, 0.3) is 0 Å². The molecule has 0 aliphatic heterocycles. The molecular weight excluding hydrogens is 444 g/mol. The molecule has 9 heteroatoms. The van der Waals surface area contributed by atoms with Gasteiger partial charge in [-0.15, -0.1) is 0 Å². The Morgan fingerprint density at radius 1 is 0.829 bits per heavy atom. The molecule has 1 aliphatic carbocycles. The second-order valence-corrected chi connectivity index (χ2v) is 9.29. The van der Waals surface area contributed by atoms with Gasteiger partial charge in [-0.25, -0.2) is 14.4 Å². The molecule has 0 unspecified atom stereocenters. The van der Waals surface area contributed by atoms with Crippen LogP contribution in [-0.2, 0) is 13.1 Å². The Morgan fingerprint density at radius 2 is 1.37 bits per heavy atom. The van der Waals surface area contributed by atoms with E-state index in [4.69, 9.17) is 0 Å². The maximum Gasteiger partial charge on any atom is 0.317 e. The van der Waals surface area contributed by atoms with E-state index in [9.17, 15) is 14.4 Å². The van der Waals surface area contributed by atoms with E-state index in [0.717, 1.165) is 24.0 Å². The van der Waals surface area contributed by atoms with Crippen molar-refractivity contribution in [2.24, 2.45) is 0 Å². The molecule has 0 aromatic heterocycles. The van der Waals surface area contributed by atoms with Crippen molar-refractivity contribution in [3.8, 4) is 0 Å². The van der Waals surface area contributed by atoms with Crippen molar-refractivity contribution < 1.29 is 14.4 Å². The Kier molecular flexibility index (Phi) is 12.2. The first-order valence-electron chi connectivity index (χ1n) is 12.9. The molecule has 0 radical (unpaired) electrons. The third kappa shape index (κ3) is 10.0. The van der Waals surface area contributed by atoms with E-state index < -0.39 is 0 Å². The molecule has 0 spiro atoms. The maximum atomic E-state index is 12.5. The highest BCUT2D eigenvalue weighted by molar-refractivity contribution is 5.75. The summed E-state index contributed by atoms with van der Waals surface area (Å²) in [6.07, 6.45) is 6.47. The lowest BCUT2D eigenvalue weighted by Gasteiger charge is -2.26. The average molecular weight is 489 g/mol. The molecule has 0 atom stereocenters. The SMILES string of the molecule is CCN(CC)C(=O)NCc1cccc(CNC(=O)N(C)CCCN(C)C(=O)NC2CCCCC2)c1. The van der Waals surface area contributed by atoms with Gasteiger partial charge in [0.15, 0.2) is 0 Å². The monoisotopic (exact) mass is 488 g/mol. The molecule has 196 valence electrons. The van der Waals surface area contributed by atoms with E-state index in [1.165, 1.54) is 19.3 Å². The predicted molar refractivity (Wildman–Crippen MR) is 139 cm³/mol. The van der Waals surface area contributed by atoms with Crippen molar-refractivity contribution in [3.05, 3.63) is 35.4 Å². The van der Waals surface area contributed by atoms with E-state index in [0.29, 0.717) is 51.7 Å². The summed E-state index contributed by atoms with van der Waals surface area (Å²) >= 11 is 0. The number of hydrogen-bond donors (Lipinski definition) is 3. The minimum absolute atomic E-state index is 0.0304. The molecule has 0 heterocycles. The van der Waals surface area contributed by atoms with Crippen LogP contribution in [0.1, 0.15) is 63.5 Å². The summed E-state index contributed by atoms with van der Waals surface area (Å²) in [7, 11) is 3.56. The third-order valence-corrected chi connectivity index (χ3v) is 6.54. The van der Waals surface area contributed by atoms with Crippen molar-refractivity contribution in [2.75, 3.05) is 40.3 Å². The van der Waals surface area contributed by atoms with E-state index in [-0.39, 0.29) is 18.1 Å². The molecule has 35 heavy (non-hydrogen) atoms. The topological polar surface area (TPSA) is 97.0 Å². The van der Waals surface area contributed by atoms with Gasteiger partial charge in [0.25, 0.3) is 0 Å². The first kappa shape index (κ1) is 28.3. The average Bonchev–Trinajstić information content (AvgIpc) is 2.87. The van der Waals surface area contributed by atoms with Gasteiger partial charge >= 0.3 is 18.1 Å². The number of urea groups is 3. The zero-order chi connectivity index (χ0) is 25.6. The smallest absolute Gasteiger partial charge is 0.317 e. The molecule has 2 rings (SSSR count). The summed E-state index contributed by atoms with van der Waals surface area (Å²) in [6.45, 7) is 7.26. The van der Waals surface area contributed by atoms with Crippen LogP contribution in [0.4, 0.5) is 14.4 Å². The van der Waals surface area contributed by atoms with Gasteiger partial charge < -0.3 is 30.7 Å². The van der Waals surface area contributed by atoms with Crippen LogP contribution in [0.3, 0.4) is 0 Å². The number of amides is 6. The summed E-state index contributed by atoms with van der Waals surface area (Å²) < 4.78 is 0.